The average Bonchev–Trinajstić information content (AvgIpc) is 2.54. The first kappa shape index (κ1) is 15.6. The van der Waals surface area contributed by atoms with Crippen molar-refractivity contribution in [1.29, 1.82) is 0 Å². The van der Waals surface area contributed by atoms with E-state index in [9.17, 15) is 4.79 Å². The third-order valence-electron chi connectivity index (χ3n) is 3.49. The summed E-state index contributed by atoms with van der Waals surface area (Å²) in [4.78, 5) is 13.4. The molecule has 0 spiro atoms. The Kier molecular flexibility index (Phi) is 4.41. The predicted molar refractivity (Wildman–Crippen MR) is 97.5 cm³/mol. The quantitative estimate of drug-likeness (QED) is 0.652. The molecule has 0 aliphatic rings. The third-order valence-corrected chi connectivity index (χ3v) is 4.83. The minimum Gasteiger partial charge on any atom is -0.496 e. The van der Waals surface area contributed by atoms with Gasteiger partial charge in [0.25, 0.3) is 5.56 Å². The van der Waals surface area contributed by atoms with Gasteiger partial charge in [0.05, 0.1) is 12.8 Å². The lowest BCUT2D eigenvalue weighted by molar-refractivity contribution is 0.416. The number of rotatable bonds is 3. The van der Waals surface area contributed by atoms with Crippen molar-refractivity contribution in [2.45, 2.75) is 6.92 Å². The minimum absolute atomic E-state index is 0.139. The lowest BCUT2D eigenvalue weighted by atomic mass is 10.1. The van der Waals surface area contributed by atoms with Gasteiger partial charge in [0, 0.05) is 16.5 Å². The Morgan fingerprint density at radius 2 is 1.87 bits per heavy atom. The second-order valence-electron chi connectivity index (χ2n) is 5.09. The summed E-state index contributed by atoms with van der Waals surface area (Å²) in [5.41, 5.74) is 2.62. The zero-order chi connectivity index (χ0) is 16.4. The molecule has 0 aliphatic carbocycles. The number of para-hydroxylation sites is 1. The third kappa shape index (κ3) is 3.11. The van der Waals surface area contributed by atoms with Crippen LogP contribution in [0, 0.1) is 10.9 Å². The molecule has 0 N–H and O–H groups in total. The molecule has 3 rings (SSSR count). The van der Waals surface area contributed by atoms with Gasteiger partial charge in [-0.3, -0.25) is 9.36 Å². The highest BCUT2D eigenvalue weighted by atomic mass is 32.1. The van der Waals surface area contributed by atoms with E-state index in [4.69, 9.17) is 17.0 Å². The summed E-state index contributed by atoms with van der Waals surface area (Å²) in [5.74, 6) is 0.728. The Hall–Kier alpha value is -2.24. The summed E-state index contributed by atoms with van der Waals surface area (Å²) >= 11 is 6.87. The van der Waals surface area contributed by atoms with Crippen LogP contribution in [-0.4, -0.2) is 11.7 Å². The first-order valence-corrected chi connectivity index (χ1v) is 8.30. The molecule has 23 heavy (non-hydrogen) atoms. The molecule has 0 fully saturated rings. The molecule has 0 saturated heterocycles. The molecule has 3 aromatic rings. The standard InChI is InChI=1S/C18H15NO2S2/c1-12-6-5-7-13(10-12)19-17(20)11-16(23-18(19)22)14-8-3-4-9-15(14)21-2/h3-11H,1-2H3. The zero-order valence-corrected chi connectivity index (χ0v) is 14.4. The Bertz CT molecular complexity index is 942. The van der Waals surface area contributed by atoms with E-state index in [1.807, 2.05) is 55.5 Å². The summed E-state index contributed by atoms with van der Waals surface area (Å²) in [7, 11) is 1.62. The summed E-state index contributed by atoms with van der Waals surface area (Å²) in [6, 6.07) is 17.0. The van der Waals surface area contributed by atoms with Crippen LogP contribution in [0.1, 0.15) is 5.56 Å². The number of aryl methyl sites for hydroxylation is 1. The Morgan fingerprint density at radius 3 is 2.57 bits per heavy atom. The maximum Gasteiger partial charge on any atom is 0.258 e. The fourth-order valence-corrected chi connectivity index (χ4v) is 3.79. The van der Waals surface area contributed by atoms with E-state index >= 15 is 0 Å². The minimum atomic E-state index is -0.139. The van der Waals surface area contributed by atoms with Gasteiger partial charge >= 0.3 is 0 Å². The molecule has 0 saturated carbocycles. The molecule has 0 bridgehead atoms. The fourth-order valence-electron chi connectivity index (χ4n) is 2.42. The van der Waals surface area contributed by atoms with Crippen LogP contribution in [0.5, 0.6) is 5.75 Å². The topological polar surface area (TPSA) is 31.2 Å². The molecular weight excluding hydrogens is 326 g/mol. The number of aromatic nitrogens is 1. The largest absolute Gasteiger partial charge is 0.496 e. The number of benzene rings is 2. The van der Waals surface area contributed by atoms with Gasteiger partial charge < -0.3 is 4.74 Å². The van der Waals surface area contributed by atoms with Crippen molar-refractivity contribution >= 4 is 23.6 Å². The average molecular weight is 341 g/mol. The molecule has 0 atom stereocenters. The van der Waals surface area contributed by atoms with Crippen LogP contribution in [0.4, 0.5) is 0 Å². The van der Waals surface area contributed by atoms with Crippen LogP contribution in [0.25, 0.3) is 16.1 Å². The molecule has 116 valence electrons. The maximum absolute atomic E-state index is 12.6. The summed E-state index contributed by atoms with van der Waals surface area (Å²) in [6.45, 7) is 1.99. The lowest BCUT2D eigenvalue weighted by Crippen LogP contribution is -2.17. The number of nitrogens with zero attached hydrogens (tertiary/aromatic N) is 1. The summed E-state index contributed by atoms with van der Waals surface area (Å²) < 4.78 is 7.45. The highest BCUT2D eigenvalue weighted by Gasteiger charge is 2.10. The van der Waals surface area contributed by atoms with E-state index in [2.05, 4.69) is 0 Å². The van der Waals surface area contributed by atoms with Gasteiger partial charge in [-0.1, -0.05) is 24.3 Å². The van der Waals surface area contributed by atoms with E-state index in [-0.39, 0.29) is 5.56 Å². The van der Waals surface area contributed by atoms with Crippen molar-refractivity contribution in [2.24, 2.45) is 0 Å². The van der Waals surface area contributed by atoms with Crippen LogP contribution < -0.4 is 10.3 Å². The molecule has 0 unspecified atom stereocenters. The number of ether oxygens (including phenoxy) is 1. The number of hydrogen-bond donors (Lipinski definition) is 0. The van der Waals surface area contributed by atoms with Crippen LogP contribution in [0.15, 0.2) is 59.4 Å². The van der Waals surface area contributed by atoms with Crippen molar-refractivity contribution in [3.8, 4) is 21.9 Å². The van der Waals surface area contributed by atoms with E-state index in [0.29, 0.717) is 3.95 Å². The SMILES string of the molecule is COc1ccccc1-c1cc(=O)n(-c2cccc(C)c2)c(=S)s1. The van der Waals surface area contributed by atoms with Crippen LogP contribution in [-0.2, 0) is 0 Å². The number of methoxy groups -OCH3 is 1. The molecule has 1 aromatic heterocycles. The first-order valence-electron chi connectivity index (χ1n) is 7.08. The summed E-state index contributed by atoms with van der Waals surface area (Å²) in [6.07, 6.45) is 0. The molecule has 5 heteroatoms. The smallest absolute Gasteiger partial charge is 0.258 e. The van der Waals surface area contributed by atoms with Crippen LogP contribution >= 0.6 is 23.6 Å². The van der Waals surface area contributed by atoms with Gasteiger partial charge in [0.2, 0.25) is 0 Å². The van der Waals surface area contributed by atoms with E-state index in [0.717, 1.165) is 27.4 Å². The van der Waals surface area contributed by atoms with Crippen molar-refractivity contribution in [3.05, 3.63) is 74.5 Å². The van der Waals surface area contributed by atoms with Gasteiger partial charge in [-0.2, -0.15) is 0 Å². The van der Waals surface area contributed by atoms with E-state index in [1.54, 1.807) is 17.7 Å². The molecule has 0 aliphatic heterocycles. The molecular formula is C18H15NO2S2. The molecule has 0 amide bonds. The molecule has 3 nitrogen and oxygen atoms in total. The fraction of sp³-hybridized carbons (Fsp3) is 0.111. The van der Waals surface area contributed by atoms with Crippen molar-refractivity contribution in [2.75, 3.05) is 7.11 Å². The maximum atomic E-state index is 12.6. The predicted octanol–water partition coefficient (Wildman–Crippen LogP) is 4.61. The van der Waals surface area contributed by atoms with Crippen LogP contribution in [0.3, 0.4) is 0 Å². The van der Waals surface area contributed by atoms with E-state index in [1.165, 1.54) is 11.3 Å². The molecule has 0 radical (unpaired) electrons. The molecule has 2 aromatic carbocycles. The molecule has 1 heterocycles. The van der Waals surface area contributed by atoms with Gasteiger partial charge in [-0.25, -0.2) is 0 Å². The van der Waals surface area contributed by atoms with Crippen molar-refractivity contribution < 1.29 is 4.74 Å². The Morgan fingerprint density at radius 1 is 1.09 bits per heavy atom. The summed E-state index contributed by atoms with van der Waals surface area (Å²) in [5, 5.41) is 0. The second kappa shape index (κ2) is 6.48. The second-order valence-corrected chi connectivity index (χ2v) is 6.77. The lowest BCUT2D eigenvalue weighted by Gasteiger charge is -2.10. The van der Waals surface area contributed by atoms with Crippen LogP contribution in [0.2, 0.25) is 0 Å². The highest BCUT2D eigenvalue weighted by Crippen LogP contribution is 2.32. The van der Waals surface area contributed by atoms with Gasteiger partial charge in [0.1, 0.15) is 5.75 Å². The highest BCUT2D eigenvalue weighted by molar-refractivity contribution is 7.73. The Labute approximate surface area is 143 Å². The first-order chi connectivity index (χ1) is 11.1. The zero-order valence-electron chi connectivity index (χ0n) is 12.8. The van der Waals surface area contributed by atoms with Gasteiger partial charge in [-0.15, -0.1) is 11.3 Å². The van der Waals surface area contributed by atoms with Crippen molar-refractivity contribution in [3.63, 3.8) is 0 Å². The van der Waals surface area contributed by atoms with E-state index < -0.39 is 0 Å². The van der Waals surface area contributed by atoms with Gasteiger partial charge in [-0.05, 0) is 49.0 Å². The van der Waals surface area contributed by atoms with Crippen molar-refractivity contribution in [1.82, 2.24) is 4.57 Å². The monoisotopic (exact) mass is 341 g/mol. The Balaban J connectivity index is 2.19. The van der Waals surface area contributed by atoms with Gasteiger partial charge in [0.15, 0.2) is 3.95 Å². The normalized spacial score (nSPS) is 10.5. The number of hydrogen-bond acceptors (Lipinski definition) is 4.